The third-order valence-corrected chi connectivity index (χ3v) is 3.93. The van der Waals surface area contributed by atoms with E-state index in [0.29, 0.717) is 0 Å². The van der Waals surface area contributed by atoms with E-state index < -0.39 is 0 Å². The smallest absolute Gasteiger partial charge is 0.0360 e. The monoisotopic (exact) mass is 152 g/mol. The maximum absolute atomic E-state index is 2.47. The maximum atomic E-state index is 2.47. The summed E-state index contributed by atoms with van der Waals surface area (Å²) in [6.07, 6.45) is 10.7. The minimum Gasteiger partial charge on any atom is -0.0622 e. The van der Waals surface area contributed by atoms with E-state index in [-0.39, 0.29) is 0 Å². The van der Waals surface area contributed by atoms with Crippen LogP contribution in [0.25, 0.3) is 0 Å². The standard InChI is InChI=1S/C11H20/c1-9-5-4-7-10-6-2-3-8-11(9)10/h9-11H,2-8H2,1H3/t9-,10+,11+/m1/s1. The highest BCUT2D eigenvalue weighted by atomic mass is 14.4. The van der Waals surface area contributed by atoms with E-state index in [2.05, 4.69) is 6.92 Å². The van der Waals surface area contributed by atoms with E-state index in [0.717, 1.165) is 17.8 Å². The van der Waals surface area contributed by atoms with Gasteiger partial charge >= 0.3 is 0 Å². The minimum atomic E-state index is 1.05. The van der Waals surface area contributed by atoms with Gasteiger partial charge < -0.3 is 0 Å². The van der Waals surface area contributed by atoms with Gasteiger partial charge in [-0.3, -0.25) is 0 Å². The quantitative estimate of drug-likeness (QED) is 0.497. The van der Waals surface area contributed by atoms with Gasteiger partial charge in [0.25, 0.3) is 0 Å². The molecule has 0 saturated heterocycles. The van der Waals surface area contributed by atoms with Crippen LogP contribution in [0.2, 0.25) is 0 Å². The summed E-state index contributed by atoms with van der Waals surface area (Å²) in [4.78, 5) is 0. The molecule has 0 nitrogen and oxygen atoms in total. The largest absolute Gasteiger partial charge is 0.0622 e. The van der Waals surface area contributed by atoms with Crippen LogP contribution < -0.4 is 0 Å². The highest BCUT2D eigenvalue weighted by Gasteiger charge is 2.31. The maximum Gasteiger partial charge on any atom is -0.0360 e. The molecule has 3 atom stereocenters. The van der Waals surface area contributed by atoms with Crippen molar-refractivity contribution in [1.29, 1.82) is 0 Å². The number of hydrogen-bond acceptors (Lipinski definition) is 0. The van der Waals surface area contributed by atoms with Gasteiger partial charge in [0, 0.05) is 0 Å². The predicted molar refractivity (Wildman–Crippen MR) is 48.5 cm³/mol. The van der Waals surface area contributed by atoms with Crippen molar-refractivity contribution in [2.45, 2.75) is 51.9 Å². The molecule has 0 heterocycles. The zero-order valence-corrected chi connectivity index (χ0v) is 7.68. The lowest BCUT2D eigenvalue weighted by Gasteiger charge is -2.39. The summed E-state index contributed by atoms with van der Waals surface area (Å²) in [5, 5.41) is 0. The molecule has 0 aromatic rings. The summed E-state index contributed by atoms with van der Waals surface area (Å²) >= 11 is 0. The van der Waals surface area contributed by atoms with Gasteiger partial charge in [0.1, 0.15) is 0 Å². The fourth-order valence-electron chi connectivity index (χ4n) is 3.26. The third-order valence-electron chi connectivity index (χ3n) is 3.93. The zero-order chi connectivity index (χ0) is 7.68. The Morgan fingerprint density at radius 3 is 2.36 bits per heavy atom. The van der Waals surface area contributed by atoms with Crippen LogP contribution in [0.4, 0.5) is 0 Å². The van der Waals surface area contributed by atoms with E-state index in [1.54, 1.807) is 19.3 Å². The molecule has 0 radical (unpaired) electrons. The van der Waals surface area contributed by atoms with Gasteiger partial charge in [-0.2, -0.15) is 0 Å². The molecular weight excluding hydrogens is 132 g/mol. The second-order valence-corrected chi connectivity index (χ2v) is 4.62. The van der Waals surface area contributed by atoms with Crippen LogP contribution in [-0.2, 0) is 0 Å². The second-order valence-electron chi connectivity index (χ2n) is 4.62. The van der Waals surface area contributed by atoms with Crippen LogP contribution in [0.5, 0.6) is 0 Å². The molecular formula is C11H20. The molecule has 0 aromatic carbocycles. The lowest BCUT2D eigenvalue weighted by atomic mass is 9.66. The van der Waals surface area contributed by atoms with Crippen LogP contribution in [0.15, 0.2) is 0 Å². The van der Waals surface area contributed by atoms with Crippen molar-refractivity contribution in [3.8, 4) is 0 Å². The molecule has 0 unspecified atom stereocenters. The minimum absolute atomic E-state index is 1.05. The van der Waals surface area contributed by atoms with Crippen molar-refractivity contribution in [1.82, 2.24) is 0 Å². The van der Waals surface area contributed by atoms with Crippen molar-refractivity contribution in [3.63, 3.8) is 0 Å². The average molecular weight is 152 g/mol. The molecule has 0 amide bonds. The fraction of sp³-hybridized carbons (Fsp3) is 1.00. The van der Waals surface area contributed by atoms with Gasteiger partial charge in [-0.15, -0.1) is 0 Å². The Morgan fingerprint density at radius 2 is 1.55 bits per heavy atom. The normalized spacial score (nSPS) is 45.0. The highest BCUT2D eigenvalue weighted by Crippen LogP contribution is 2.43. The number of hydrogen-bond donors (Lipinski definition) is 0. The summed E-state index contributed by atoms with van der Waals surface area (Å²) in [7, 11) is 0. The Bertz CT molecular complexity index is 126. The van der Waals surface area contributed by atoms with Gasteiger partial charge in [-0.05, 0) is 24.2 Å². The summed E-state index contributed by atoms with van der Waals surface area (Å²) < 4.78 is 0. The van der Waals surface area contributed by atoms with Crippen molar-refractivity contribution in [3.05, 3.63) is 0 Å². The highest BCUT2D eigenvalue weighted by molar-refractivity contribution is 4.82. The Hall–Kier alpha value is 0. The Balaban J connectivity index is 1.99. The van der Waals surface area contributed by atoms with Gasteiger partial charge in [0.2, 0.25) is 0 Å². The van der Waals surface area contributed by atoms with E-state index in [4.69, 9.17) is 0 Å². The van der Waals surface area contributed by atoms with E-state index in [1.165, 1.54) is 25.7 Å². The first-order chi connectivity index (χ1) is 5.38. The molecule has 0 aliphatic heterocycles. The van der Waals surface area contributed by atoms with Gasteiger partial charge in [-0.1, -0.05) is 45.4 Å². The fourth-order valence-corrected chi connectivity index (χ4v) is 3.26. The Kier molecular flexibility index (Phi) is 2.20. The lowest BCUT2D eigenvalue weighted by molar-refractivity contribution is 0.114. The average Bonchev–Trinajstić information content (AvgIpc) is 2.06. The van der Waals surface area contributed by atoms with Crippen molar-refractivity contribution >= 4 is 0 Å². The molecule has 0 aromatic heterocycles. The van der Waals surface area contributed by atoms with Crippen LogP contribution in [0, 0.1) is 17.8 Å². The van der Waals surface area contributed by atoms with Crippen molar-refractivity contribution < 1.29 is 0 Å². The molecule has 2 aliphatic rings. The predicted octanol–water partition coefficient (Wildman–Crippen LogP) is 3.61. The van der Waals surface area contributed by atoms with Crippen molar-refractivity contribution in [2.24, 2.45) is 17.8 Å². The first-order valence-corrected chi connectivity index (χ1v) is 5.38. The van der Waals surface area contributed by atoms with Crippen LogP contribution in [-0.4, -0.2) is 0 Å². The third kappa shape index (κ3) is 1.45. The summed E-state index contributed by atoms with van der Waals surface area (Å²) in [5.74, 6) is 3.30. The summed E-state index contributed by atoms with van der Waals surface area (Å²) in [6, 6.07) is 0. The Labute approximate surface area is 70.4 Å². The SMILES string of the molecule is C[C@@H]1CCC[C@@H]2CCCC[C@H]21. The molecule has 0 heteroatoms. The van der Waals surface area contributed by atoms with Gasteiger partial charge in [-0.25, -0.2) is 0 Å². The molecule has 0 N–H and O–H groups in total. The molecule has 0 bridgehead atoms. The van der Waals surface area contributed by atoms with E-state index in [9.17, 15) is 0 Å². The molecule has 2 rings (SSSR count). The zero-order valence-electron chi connectivity index (χ0n) is 7.68. The topological polar surface area (TPSA) is 0 Å². The number of fused-ring (bicyclic) bond motifs is 1. The van der Waals surface area contributed by atoms with Crippen LogP contribution >= 0.6 is 0 Å². The van der Waals surface area contributed by atoms with Crippen molar-refractivity contribution in [2.75, 3.05) is 0 Å². The first kappa shape index (κ1) is 7.64. The van der Waals surface area contributed by atoms with Gasteiger partial charge in [0.05, 0.1) is 0 Å². The van der Waals surface area contributed by atoms with E-state index in [1.807, 2.05) is 0 Å². The van der Waals surface area contributed by atoms with E-state index >= 15 is 0 Å². The second kappa shape index (κ2) is 3.16. The Morgan fingerprint density at radius 1 is 0.818 bits per heavy atom. The molecule has 2 fully saturated rings. The lowest BCUT2D eigenvalue weighted by Crippen LogP contribution is -2.29. The van der Waals surface area contributed by atoms with Crippen LogP contribution in [0.1, 0.15) is 51.9 Å². The van der Waals surface area contributed by atoms with Crippen LogP contribution in [0.3, 0.4) is 0 Å². The first-order valence-electron chi connectivity index (χ1n) is 5.38. The summed E-state index contributed by atoms with van der Waals surface area (Å²) in [6.45, 7) is 2.47. The molecule has 2 aliphatic carbocycles. The number of rotatable bonds is 0. The summed E-state index contributed by atoms with van der Waals surface area (Å²) in [5.41, 5.74) is 0. The molecule has 2 saturated carbocycles. The van der Waals surface area contributed by atoms with Gasteiger partial charge in [0.15, 0.2) is 0 Å². The molecule has 0 spiro atoms. The molecule has 64 valence electrons. The molecule has 11 heavy (non-hydrogen) atoms.